The summed E-state index contributed by atoms with van der Waals surface area (Å²) in [5.74, 6) is 0.0475. The van der Waals surface area contributed by atoms with Crippen LogP contribution in [0.1, 0.15) is 43.2 Å². The quantitative estimate of drug-likeness (QED) is 0.765. The van der Waals surface area contributed by atoms with Crippen LogP contribution in [0, 0.1) is 5.92 Å². The molecule has 0 heterocycles. The first-order valence-electron chi connectivity index (χ1n) is 6.64. The Kier molecular flexibility index (Phi) is 2.54. The molecule has 2 aliphatic rings. The number of fused-ring (bicyclic) bond motifs is 3. The highest BCUT2D eigenvalue weighted by atomic mass is 16.4. The molecule has 1 N–H and O–H groups in total. The molecule has 1 aromatic carbocycles. The van der Waals surface area contributed by atoms with E-state index in [1.807, 2.05) is 24.3 Å². The second-order valence-electron chi connectivity index (χ2n) is 5.61. The molecule has 0 amide bonds. The fourth-order valence-electron chi connectivity index (χ4n) is 3.79. The summed E-state index contributed by atoms with van der Waals surface area (Å²) in [5, 5.41) is 9.82. The monoisotopic (exact) mass is 242 g/mol. The Balaban J connectivity index is 2.24. The van der Waals surface area contributed by atoms with Crippen molar-refractivity contribution in [2.24, 2.45) is 5.92 Å². The van der Waals surface area contributed by atoms with Crippen molar-refractivity contribution in [3.05, 3.63) is 47.5 Å². The minimum Gasteiger partial charge on any atom is -0.481 e. The van der Waals surface area contributed by atoms with Gasteiger partial charge in [-0.3, -0.25) is 4.79 Å². The van der Waals surface area contributed by atoms with Gasteiger partial charge < -0.3 is 5.11 Å². The van der Waals surface area contributed by atoms with Gasteiger partial charge in [-0.15, -0.1) is 0 Å². The molecule has 0 fully saturated rings. The fraction of sp³-hybridized carbons (Fsp3) is 0.438. The number of allylic oxidation sites excluding steroid dienone is 2. The van der Waals surface area contributed by atoms with E-state index >= 15 is 0 Å². The minimum absolute atomic E-state index is 0.241. The van der Waals surface area contributed by atoms with Crippen LogP contribution in [0.25, 0.3) is 0 Å². The Morgan fingerprint density at radius 1 is 1.33 bits per heavy atom. The first-order chi connectivity index (χ1) is 8.66. The number of hydrogen-bond donors (Lipinski definition) is 1. The smallest absolute Gasteiger partial charge is 0.314 e. The molecule has 0 saturated carbocycles. The van der Waals surface area contributed by atoms with Gasteiger partial charge in [0.2, 0.25) is 0 Å². The van der Waals surface area contributed by atoms with Crippen molar-refractivity contribution in [3.8, 4) is 0 Å². The second kappa shape index (κ2) is 3.98. The highest BCUT2D eigenvalue weighted by Gasteiger charge is 2.51. The SMILES string of the molecule is C[C@@H]1C[C@H]2CC=CC[C@]2(C(=O)O)c2ccccc21. The van der Waals surface area contributed by atoms with Crippen molar-refractivity contribution >= 4 is 5.97 Å². The second-order valence-corrected chi connectivity index (χ2v) is 5.61. The first kappa shape index (κ1) is 11.5. The van der Waals surface area contributed by atoms with Gasteiger partial charge in [-0.05, 0) is 42.2 Å². The summed E-state index contributed by atoms with van der Waals surface area (Å²) in [7, 11) is 0. The fourth-order valence-corrected chi connectivity index (χ4v) is 3.79. The van der Waals surface area contributed by atoms with Gasteiger partial charge in [0, 0.05) is 0 Å². The summed E-state index contributed by atoms with van der Waals surface area (Å²) >= 11 is 0. The molecule has 0 unspecified atom stereocenters. The minimum atomic E-state index is -0.683. The van der Waals surface area contributed by atoms with E-state index in [4.69, 9.17) is 0 Å². The van der Waals surface area contributed by atoms with Crippen LogP contribution in [0.3, 0.4) is 0 Å². The van der Waals surface area contributed by atoms with Crippen LogP contribution >= 0.6 is 0 Å². The predicted molar refractivity (Wildman–Crippen MR) is 70.7 cm³/mol. The van der Waals surface area contributed by atoms with Crippen LogP contribution in [0.15, 0.2) is 36.4 Å². The van der Waals surface area contributed by atoms with Crippen LogP contribution in [0.4, 0.5) is 0 Å². The normalized spacial score (nSPS) is 33.6. The van der Waals surface area contributed by atoms with E-state index in [1.54, 1.807) is 0 Å². The van der Waals surface area contributed by atoms with E-state index in [0.29, 0.717) is 12.3 Å². The molecular weight excluding hydrogens is 224 g/mol. The van der Waals surface area contributed by atoms with Crippen LogP contribution in [-0.2, 0) is 10.2 Å². The third-order valence-electron chi connectivity index (χ3n) is 4.72. The van der Waals surface area contributed by atoms with Gasteiger partial charge in [-0.2, -0.15) is 0 Å². The third kappa shape index (κ3) is 1.38. The Morgan fingerprint density at radius 3 is 2.89 bits per heavy atom. The topological polar surface area (TPSA) is 37.3 Å². The summed E-state index contributed by atoms with van der Waals surface area (Å²) in [6, 6.07) is 8.10. The van der Waals surface area contributed by atoms with Crippen molar-refractivity contribution in [3.63, 3.8) is 0 Å². The van der Waals surface area contributed by atoms with E-state index in [-0.39, 0.29) is 5.92 Å². The number of hydrogen-bond acceptors (Lipinski definition) is 1. The number of benzene rings is 1. The Labute approximate surface area is 107 Å². The van der Waals surface area contributed by atoms with Crippen molar-refractivity contribution in [1.29, 1.82) is 0 Å². The van der Waals surface area contributed by atoms with Crippen molar-refractivity contribution in [2.45, 2.75) is 37.5 Å². The Hall–Kier alpha value is -1.57. The Morgan fingerprint density at radius 2 is 2.11 bits per heavy atom. The van der Waals surface area contributed by atoms with Crippen molar-refractivity contribution < 1.29 is 9.90 Å². The zero-order valence-corrected chi connectivity index (χ0v) is 10.6. The van der Waals surface area contributed by atoms with E-state index in [2.05, 4.69) is 19.1 Å². The molecule has 2 nitrogen and oxygen atoms in total. The van der Waals surface area contributed by atoms with Gasteiger partial charge >= 0.3 is 5.97 Å². The largest absolute Gasteiger partial charge is 0.481 e. The zero-order chi connectivity index (χ0) is 12.8. The maximum atomic E-state index is 11.9. The highest BCUT2D eigenvalue weighted by Crippen LogP contribution is 2.51. The average Bonchev–Trinajstić information content (AvgIpc) is 2.39. The van der Waals surface area contributed by atoms with Gasteiger partial charge in [0.25, 0.3) is 0 Å². The molecule has 18 heavy (non-hydrogen) atoms. The standard InChI is InChI=1S/C16H18O2/c1-11-10-12-6-4-5-9-16(12,15(17)18)14-8-3-2-7-13(11)14/h2-5,7-8,11-12H,6,9-10H2,1H3,(H,17,18)/t11-,12-,16-/m1/s1. The van der Waals surface area contributed by atoms with E-state index in [9.17, 15) is 9.90 Å². The summed E-state index contributed by atoms with van der Waals surface area (Å²) in [6.45, 7) is 2.21. The molecular formula is C16H18O2. The van der Waals surface area contributed by atoms with Gasteiger partial charge in [-0.25, -0.2) is 0 Å². The van der Waals surface area contributed by atoms with Gasteiger partial charge in [-0.1, -0.05) is 43.3 Å². The van der Waals surface area contributed by atoms with Crippen LogP contribution in [0.2, 0.25) is 0 Å². The molecule has 94 valence electrons. The lowest BCUT2D eigenvalue weighted by Crippen LogP contribution is -2.47. The molecule has 0 aromatic heterocycles. The summed E-state index contributed by atoms with van der Waals surface area (Å²) in [5.41, 5.74) is 1.59. The highest BCUT2D eigenvalue weighted by molar-refractivity contribution is 5.83. The third-order valence-corrected chi connectivity index (χ3v) is 4.72. The molecule has 0 aliphatic heterocycles. The molecule has 0 bridgehead atoms. The molecule has 0 spiro atoms. The van der Waals surface area contributed by atoms with Crippen molar-refractivity contribution in [2.75, 3.05) is 0 Å². The van der Waals surface area contributed by atoms with E-state index in [1.165, 1.54) is 5.56 Å². The lowest BCUT2D eigenvalue weighted by Gasteiger charge is -2.45. The van der Waals surface area contributed by atoms with Crippen LogP contribution < -0.4 is 0 Å². The number of carboxylic acid groups (broad SMARTS) is 1. The predicted octanol–water partition coefficient (Wildman–Crippen LogP) is 3.48. The van der Waals surface area contributed by atoms with Gasteiger partial charge in [0.1, 0.15) is 0 Å². The maximum absolute atomic E-state index is 11.9. The van der Waals surface area contributed by atoms with E-state index < -0.39 is 11.4 Å². The number of aliphatic carboxylic acids is 1. The molecule has 2 aliphatic carbocycles. The maximum Gasteiger partial charge on any atom is 0.314 e. The summed E-state index contributed by atoms with van der Waals surface area (Å²) in [4.78, 5) is 11.9. The molecule has 0 saturated heterocycles. The Bertz CT molecular complexity index is 518. The van der Waals surface area contributed by atoms with E-state index in [0.717, 1.165) is 18.4 Å². The summed E-state index contributed by atoms with van der Waals surface area (Å²) in [6.07, 6.45) is 6.69. The molecule has 1 aromatic rings. The first-order valence-corrected chi connectivity index (χ1v) is 6.64. The number of rotatable bonds is 1. The zero-order valence-electron chi connectivity index (χ0n) is 10.6. The number of carbonyl (C=O) groups is 1. The van der Waals surface area contributed by atoms with Gasteiger partial charge in [0.15, 0.2) is 0 Å². The molecule has 3 atom stereocenters. The lowest BCUT2D eigenvalue weighted by molar-refractivity contribution is -0.147. The average molecular weight is 242 g/mol. The molecule has 3 rings (SSSR count). The summed E-state index contributed by atoms with van der Waals surface area (Å²) < 4.78 is 0. The molecule has 2 heteroatoms. The lowest BCUT2D eigenvalue weighted by atomic mass is 9.57. The molecule has 0 radical (unpaired) electrons. The van der Waals surface area contributed by atoms with Crippen molar-refractivity contribution in [1.82, 2.24) is 0 Å². The van der Waals surface area contributed by atoms with Gasteiger partial charge in [0.05, 0.1) is 5.41 Å². The number of carboxylic acids is 1. The van der Waals surface area contributed by atoms with Crippen LogP contribution in [0.5, 0.6) is 0 Å². The van der Waals surface area contributed by atoms with Crippen LogP contribution in [-0.4, -0.2) is 11.1 Å².